The number of rotatable bonds is 5. The SMILES string of the molecule is COC1=c2c(c(=O)[nH]c(=O)n2C2CC2)=CC(F)C1N1CC(CN)C(OC(F)(F)F)C1. The number of nitrogens with zero attached hydrogens (tertiary/aromatic N) is 2. The fourth-order valence-corrected chi connectivity index (χ4v) is 4.40. The first-order valence-electron chi connectivity index (χ1n) is 9.62. The van der Waals surface area contributed by atoms with Crippen LogP contribution in [0.3, 0.4) is 0 Å². The van der Waals surface area contributed by atoms with E-state index < -0.39 is 41.8 Å². The molecule has 0 aromatic carbocycles. The van der Waals surface area contributed by atoms with Gasteiger partial charge >= 0.3 is 12.1 Å². The molecule has 3 N–H and O–H groups in total. The molecule has 0 spiro atoms. The Kier molecular flexibility index (Phi) is 5.27. The van der Waals surface area contributed by atoms with Gasteiger partial charge in [-0.2, -0.15) is 0 Å². The standard InChI is InChI=1S/C18H22F4N4O4/c1-29-15-13-10(16(27)24-17(28)26(13)9-2-3-9)4-11(19)14(15)25-6-8(5-23)12(7-25)30-18(20,21)22/h4,8-9,11-12,14H,2-3,5-7,23H2,1H3,(H,24,27,28). The smallest absolute Gasteiger partial charge is 0.497 e. The molecule has 30 heavy (non-hydrogen) atoms. The number of nitrogens with one attached hydrogen (secondary N) is 1. The van der Waals surface area contributed by atoms with Gasteiger partial charge in [-0.05, 0) is 25.5 Å². The third-order valence-corrected chi connectivity index (χ3v) is 5.83. The minimum absolute atomic E-state index is 0.0141. The molecule has 3 aliphatic rings. The summed E-state index contributed by atoms with van der Waals surface area (Å²) in [6, 6.07) is -1.25. The number of hydrogen-bond donors (Lipinski definition) is 2. The minimum atomic E-state index is -4.85. The Labute approximate surface area is 167 Å². The molecule has 4 unspecified atom stereocenters. The molecule has 8 nitrogen and oxygen atoms in total. The Balaban J connectivity index is 1.82. The highest BCUT2D eigenvalue weighted by molar-refractivity contribution is 5.53. The van der Waals surface area contributed by atoms with Crippen molar-refractivity contribution in [2.75, 3.05) is 26.7 Å². The van der Waals surface area contributed by atoms with Gasteiger partial charge in [-0.25, -0.2) is 9.18 Å². The molecule has 2 fully saturated rings. The summed E-state index contributed by atoms with van der Waals surface area (Å²) in [7, 11) is 1.28. The van der Waals surface area contributed by atoms with Crippen molar-refractivity contribution < 1.29 is 27.0 Å². The Morgan fingerprint density at radius 2 is 1.97 bits per heavy atom. The Hall–Kier alpha value is -2.18. The van der Waals surface area contributed by atoms with E-state index in [2.05, 4.69) is 9.72 Å². The van der Waals surface area contributed by atoms with E-state index in [1.165, 1.54) is 16.6 Å². The van der Waals surface area contributed by atoms with Crippen molar-refractivity contribution in [3.63, 3.8) is 0 Å². The monoisotopic (exact) mass is 434 g/mol. The second kappa shape index (κ2) is 7.50. The summed E-state index contributed by atoms with van der Waals surface area (Å²) >= 11 is 0. The summed E-state index contributed by atoms with van der Waals surface area (Å²) in [6.07, 6.45) is -5.30. The van der Waals surface area contributed by atoms with Crippen LogP contribution in [0.15, 0.2) is 9.59 Å². The molecule has 0 radical (unpaired) electrons. The summed E-state index contributed by atoms with van der Waals surface area (Å²) in [5.74, 6) is -0.623. The lowest BCUT2D eigenvalue weighted by molar-refractivity contribution is -0.344. The third-order valence-electron chi connectivity index (χ3n) is 5.83. The van der Waals surface area contributed by atoms with Crippen molar-refractivity contribution in [1.82, 2.24) is 14.5 Å². The fraction of sp³-hybridized carbons (Fsp3) is 0.667. The van der Waals surface area contributed by atoms with E-state index in [0.29, 0.717) is 0 Å². The lowest BCUT2D eigenvalue weighted by Gasteiger charge is -2.32. The summed E-state index contributed by atoms with van der Waals surface area (Å²) in [5.41, 5.74) is 4.26. The maximum absolute atomic E-state index is 15.2. The summed E-state index contributed by atoms with van der Waals surface area (Å²) in [4.78, 5) is 28.4. The zero-order chi connectivity index (χ0) is 21.8. The van der Waals surface area contributed by atoms with Gasteiger partial charge in [0.2, 0.25) is 0 Å². The lowest BCUT2D eigenvalue weighted by Crippen LogP contribution is -2.60. The molecule has 1 aromatic rings. The van der Waals surface area contributed by atoms with Gasteiger partial charge in [0.25, 0.3) is 5.56 Å². The number of halogens is 4. The van der Waals surface area contributed by atoms with Crippen molar-refractivity contribution in [3.05, 3.63) is 31.4 Å². The molecule has 12 heteroatoms. The van der Waals surface area contributed by atoms with E-state index in [0.717, 1.165) is 18.9 Å². The summed E-state index contributed by atoms with van der Waals surface area (Å²) < 4.78 is 64.6. The van der Waals surface area contributed by atoms with Gasteiger partial charge in [-0.15, -0.1) is 13.2 Å². The molecule has 2 heterocycles. The second-order valence-corrected chi connectivity index (χ2v) is 7.80. The zero-order valence-electron chi connectivity index (χ0n) is 16.1. The van der Waals surface area contributed by atoms with Crippen LogP contribution in [-0.2, 0) is 9.47 Å². The molecule has 1 aromatic heterocycles. The highest BCUT2D eigenvalue weighted by atomic mass is 19.4. The van der Waals surface area contributed by atoms with Crippen LogP contribution in [0.25, 0.3) is 11.8 Å². The van der Waals surface area contributed by atoms with E-state index in [1.807, 2.05) is 0 Å². The number of H-pyrrole nitrogens is 1. The second-order valence-electron chi connectivity index (χ2n) is 7.80. The van der Waals surface area contributed by atoms with Gasteiger partial charge in [0.15, 0.2) is 0 Å². The summed E-state index contributed by atoms with van der Waals surface area (Å²) in [6.45, 7) is -0.245. The Morgan fingerprint density at radius 1 is 1.27 bits per heavy atom. The number of aromatic amines is 1. The lowest BCUT2D eigenvalue weighted by atomic mass is 10.0. The van der Waals surface area contributed by atoms with Crippen LogP contribution in [0, 0.1) is 5.92 Å². The van der Waals surface area contributed by atoms with E-state index in [-0.39, 0.29) is 42.0 Å². The average molecular weight is 434 g/mol. The molecule has 1 saturated heterocycles. The number of likely N-dealkylation sites (tertiary alicyclic amines) is 1. The maximum Gasteiger partial charge on any atom is 0.522 e. The van der Waals surface area contributed by atoms with Crippen molar-refractivity contribution in [3.8, 4) is 0 Å². The molecular weight excluding hydrogens is 412 g/mol. The Bertz CT molecular complexity index is 1060. The fourth-order valence-electron chi connectivity index (χ4n) is 4.40. The van der Waals surface area contributed by atoms with Crippen LogP contribution >= 0.6 is 0 Å². The molecule has 4 rings (SSSR count). The van der Waals surface area contributed by atoms with E-state index >= 15 is 4.39 Å². The number of nitrogens with two attached hydrogens (primary N) is 1. The van der Waals surface area contributed by atoms with Crippen molar-refractivity contribution in [2.24, 2.45) is 11.7 Å². The number of fused-ring (bicyclic) bond motifs is 1. The third kappa shape index (κ3) is 3.67. The van der Waals surface area contributed by atoms with Gasteiger partial charge in [-0.1, -0.05) is 0 Å². The van der Waals surface area contributed by atoms with Crippen molar-refractivity contribution in [1.29, 1.82) is 0 Å². The molecule has 0 bridgehead atoms. The van der Waals surface area contributed by atoms with Crippen LogP contribution in [0.1, 0.15) is 18.9 Å². The number of hydrogen-bond acceptors (Lipinski definition) is 6. The minimum Gasteiger partial charge on any atom is -0.497 e. The quantitative estimate of drug-likeness (QED) is 0.572. The van der Waals surface area contributed by atoms with Crippen LogP contribution in [0.5, 0.6) is 0 Å². The normalized spacial score (nSPS) is 29.6. The average Bonchev–Trinajstić information content (AvgIpc) is 3.41. The van der Waals surface area contributed by atoms with Crippen molar-refractivity contribution in [2.45, 2.75) is 43.6 Å². The highest BCUT2D eigenvalue weighted by Crippen LogP contribution is 2.34. The number of methoxy groups -OCH3 is 1. The Morgan fingerprint density at radius 3 is 2.53 bits per heavy atom. The highest BCUT2D eigenvalue weighted by Gasteiger charge is 2.46. The van der Waals surface area contributed by atoms with Gasteiger partial charge in [-0.3, -0.25) is 24.0 Å². The van der Waals surface area contributed by atoms with Gasteiger partial charge < -0.3 is 10.5 Å². The topological polar surface area (TPSA) is 103 Å². The van der Waals surface area contributed by atoms with Crippen LogP contribution < -0.4 is 27.6 Å². The van der Waals surface area contributed by atoms with Gasteiger partial charge in [0.1, 0.15) is 18.0 Å². The van der Waals surface area contributed by atoms with Crippen molar-refractivity contribution >= 4 is 11.8 Å². The number of aromatic nitrogens is 2. The first-order valence-corrected chi connectivity index (χ1v) is 9.62. The largest absolute Gasteiger partial charge is 0.522 e. The van der Waals surface area contributed by atoms with Gasteiger partial charge in [0.05, 0.1) is 23.8 Å². The predicted octanol–water partition coefficient (Wildman–Crippen LogP) is -1.08. The molecular formula is C18H22F4N4O4. The molecule has 1 saturated carbocycles. The first kappa shape index (κ1) is 21.1. The van der Waals surface area contributed by atoms with E-state index in [9.17, 15) is 22.8 Å². The van der Waals surface area contributed by atoms with E-state index in [1.54, 1.807) is 0 Å². The molecule has 166 valence electrons. The van der Waals surface area contributed by atoms with E-state index in [4.69, 9.17) is 10.5 Å². The molecule has 4 atom stereocenters. The number of ether oxygens (including phenoxy) is 2. The predicted molar refractivity (Wildman–Crippen MR) is 97.5 cm³/mol. The van der Waals surface area contributed by atoms with Crippen LogP contribution in [0.2, 0.25) is 0 Å². The first-order chi connectivity index (χ1) is 14.1. The zero-order valence-corrected chi connectivity index (χ0v) is 16.1. The van der Waals surface area contributed by atoms with Crippen LogP contribution in [0.4, 0.5) is 17.6 Å². The molecule has 1 aliphatic heterocycles. The molecule has 0 amide bonds. The molecule has 2 aliphatic carbocycles. The van der Waals surface area contributed by atoms with Crippen LogP contribution in [-0.4, -0.2) is 65.9 Å². The number of alkyl halides is 4. The maximum atomic E-state index is 15.2. The summed E-state index contributed by atoms with van der Waals surface area (Å²) in [5, 5.41) is 0.164. The van der Waals surface area contributed by atoms with Gasteiger partial charge in [0, 0.05) is 25.0 Å².